The minimum atomic E-state index is -0.588. The molecule has 1 aliphatic rings. The maximum Gasteiger partial charge on any atom is 0.308 e. The molecule has 3 heterocycles. The van der Waals surface area contributed by atoms with Crippen molar-refractivity contribution in [2.45, 2.75) is 59.6 Å². The van der Waals surface area contributed by atoms with E-state index in [1.807, 2.05) is 56.5 Å². The minimum Gasteiger partial charge on any atom is -0.460 e. The number of hydrogen-bond donors (Lipinski definition) is 0. The van der Waals surface area contributed by atoms with Crippen LogP contribution in [0, 0.1) is 20.8 Å². The van der Waals surface area contributed by atoms with Crippen LogP contribution in [0.1, 0.15) is 72.0 Å². The molecule has 0 aliphatic carbocycles. The van der Waals surface area contributed by atoms with Gasteiger partial charge in [0.05, 0.1) is 12.1 Å². The number of allylic oxidation sites excluding steroid dienone is 1. The fraction of sp³-hybridized carbons (Fsp3) is 0.346. The third-order valence-electron chi connectivity index (χ3n) is 5.57. The van der Waals surface area contributed by atoms with Crippen LogP contribution in [0.15, 0.2) is 35.3 Å². The molecule has 1 atom stereocenters. The lowest BCUT2D eigenvalue weighted by Gasteiger charge is -2.21. The summed E-state index contributed by atoms with van der Waals surface area (Å²) in [5.41, 5.74) is 4.23. The summed E-state index contributed by atoms with van der Waals surface area (Å²) in [7, 11) is 0. The van der Waals surface area contributed by atoms with Gasteiger partial charge in [-0.3, -0.25) is 19.1 Å². The van der Waals surface area contributed by atoms with Crippen molar-refractivity contribution in [3.05, 3.63) is 69.1 Å². The average Bonchev–Trinajstić information content (AvgIpc) is 3.24. The molecular formula is C26H28N4O3S. The highest BCUT2D eigenvalue weighted by atomic mass is 32.1. The Hall–Kier alpha value is -3.39. The first-order chi connectivity index (χ1) is 16.1. The van der Waals surface area contributed by atoms with Crippen LogP contribution in [-0.4, -0.2) is 38.3 Å². The molecule has 176 valence electrons. The molecule has 8 heteroatoms. The van der Waals surface area contributed by atoms with Gasteiger partial charge in [-0.2, -0.15) is 0 Å². The predicted molar refractivity (Wildman–Crippen MR) is 134 cm³/mol. The van der Waals surface area contributed by atoms with Gasteiger partial charge in [-0.15, -0.1) is 21.5 Å². The van der Waals surface area contributed by atoms with Crippen molar-refractivity contribution in [3.63, 3.8) is 0 Å². The molecule has 4 rings (SSSR count). The molecule has 3 aromatic rings. The highest BCUT2D eigenvalue weighted by Gasteiger charge is 2.33. The number of aryl methyl sites for hydroxylation is 2. The van der Waals surface area contributed by atoms with Crippen LogP contribution in [0.3, 0.4) is 0 Å². The third-order valence-corrected chi connectivity index (χ3v) is 6.76. The standard InChI is InChI=1S/C26H28N4O3S/c1-15-16(2)34-25-22(15)23(19-11-9-18(10-12-19)8-7-13-31)27-20(14-21(32)33-26(4,5)6)24-29-28-17(3)30(24)25/h7-13,20H,14H2,1-6H3/b8-7+/t20-/m0/s1. The number of aromatic nitrogens is 3. The highest BCUT2D eigenvalue weighted by Crippen LogP contribution is 2.39. The van der Waals surface area contributed by atoms with E-state index in [-0.39, 0.29) is 12.4 Å². The van der Waals surface area contributed by atoms with E-state index in [1.165, 1.54) is 11.0 Å². The van der Waals surface area contributed by atoms with E-state index in [0.29, 0.717) is 5.82 Å². The molecule has 0 saturated heterocycles. The van der Waals surface area contributed by atoms with E-state index in [9.17, 15) is 9.59 Å². The maximum atomic E-state index is 12.8. The van der Waals surface area contributed by atoms with E-state index < -0.39 is 11.6 Å². The Balaban J connectivity index is 1.87. The Bertz CT molecular complexity index is 1310. The normalized spacial score (nSPS) is 15.5. The largest absolute Gasteiger partial charge is 0.460 e. The first-order valence-corrected chi connectivity index (χ1v) is 11.9. The zero-order valence-electron chi connectivity index (χ0n) is 20.2. The number of benzene rings is 1. The number of carbonyl (C=O) groups excluding carboxylic acids is 2. The summed E-state index contributed by atoms with van der Waals surface area (Å²) in [6, 6.07) is 7.34. The minimum absolute atomic E-state index is 0.0615. The van der Waals surface area contributed by atoms with Crippen molar-refractivity contribution >= 4 is 35.4 Å². The summed E-state index contributed by atoms with van der Waals surface area (Å²) in [5, 5.41) is 9.74. The van der Waals surface area contributed by atoms with Gasteiger partial charge in [0.1, 0.15) is 28.8 Å². The van der Waals surface area contributed by atoms with E-state index in [1.54, 1.807) is 17.4 Å². The van der Waals surface area contributed by atoms with Gasteiger partial charge in [-0.25, -0.2) is 0 Å². The molecule has 2 aromatic heterocycles. The first-order valence-electron chi connectivity index (χ1n) is 11.1. The molecule has 7 nitrogen and oxygen atoms in total. The molecule has 0 spiro atoms. The Morgan fingerprint density at radius 1 is 1.15 bits per heavy atom. The Kier molecular flexibility index (Phi) is 6.36. The first kappa shape index (κ1) is 23.8. The second kappa shape index (κ2) is 9.10. The van der Waals surface area contributed by atoms with Crippen LogP contribution in [0.5, 0.6) is 0 Å². The Labute approximate surface area is 203 Å². The number of aliphatic imine (C=N–C) groups is 1. The van der Waals surface area contributed by atoms with E-state index >= 15 is 0 Å². The summed E-state index contributed by atoms with van der Waals surface area (Å²) in [4.78, 5) is 29.8. The molecule has 1 aromatic carbocycles. The monoisotopic (exact) mass is 476 g/mol. The average molecular weight is 477 g/mol. The van der Waals surface area contributed by atoms with Crippen molar-refractivity contribution in [2.24, 2.45) is 4.99 Å². The van der Waals surface area contributed by atoms with Crippen LogP contribution in [0.25, 0.3) is 11.1 Å². The number of esters is 1. The van der Waals surface area contributed by atoms with Crippen molar-refractivity contribution < 1.29 is 14.3 Å². The summed E-state index contributed by atoms with van der Waals surface area (Å²) in [5.74, 6) is 1.05. The number of hydrogen-bond acceptors (Lipinski definition) is 7. The van der Waals surface area contributed by atoms with E-state index in [0.717, 1.165) is 45.1 Å². The summed E-state index contributed by atoms with van der Waals surface area (Å²) in [6.07, 6.45) is 4.04. The lowest BCUT2D eigenvalue weighted by Crippen LogP contribution is -2.25. The molecule has 0 saturated carbocycles. The summed E-state index contributed by atoms with van der Waals surface area (Å²) >= 11 is 1.67. The second-order valence-corrected chi connectivity index (χ2v) is 10.5. The molecule has 34 heavy (non-hydrogen) atoms. The Morgan fingerprint density at radius 3 is 2.50 bits per heavy atom. The maximum absolute atomic E-state index is 12.8. The van der Waals surface area contributed by atoms with Gasteiger partial charge in [0.15, 0.2) is 5.82 Å². The fourth-order valence-corrected chi connectivity index (χ4v) is 5.18. The van der Waals surface area contributed by atoms with E-state index in [4.69, 9.17) is 9.73 Å². The molecule has 0 N–H and O–H groups in total. The molecule has 1 aliphatic heterocycles. The van der Waals surface area contributed by atoms with Crippen molar-refractivity contribution in [1.29, 1.82) is 0 Å². The lowest BCUT2D eigenvalue weighted by molar-refractivity contribution is -0.155. The fourth-order valence-electron chi connectivity index (χ4n) is 3.97. The number of fused-ring (bicyclic) bond motifs is 3. The molecule has 0 radical (unpaired) electrons. The third kappa shape index (κ3) is 4.63. The van der Waals surface area contributed by atoms with Gasteiger partial charge >= 0.3 is 5.97 Å². The van der Waals surface area contributed by atoms with Crippen molar-refractivity contribution in [2.75, 3.05) is 0 Å². The summed E-state index contributed by atoms with van der Waals surface area (Å²) in [6.45, 7) is 11.7. The molecule has 0 fully saturated rings. The highest BCUT2D eigenvalue weighted by molar-refractivity contribution is 7.15. The number of ether oxygens (including phenoxy) is 1. The van der Waals surface area contributed by atoms with Crippen molar-refractivity contribution in [3.8, 4) is 5.00 Å². The number of aldehydes is 1. The van der Waals surface area contributed by atoms with Crippen LogP contribution in [0.4, 0.5) is 0 Å². The predicted octanol–water partition coefficient (Wildman–Crippen LogP) is 5.09. The lowest BCUT2D eigenvalue weighted by atomic mass is 9.98. The number of rotatable bonds is 5. The van der Waals surface area contributed by atoms with Crippen LogP contribution < -0.4 is 0 Å². The molecular weight excluding hydrogens is 448 g/mol. The van der Waals surface area contributed by atoms with Crippen LogP contribution >= 0.6 is 11.3 Å². The summed E-state index contributed by atoms with van der Waals surface area (Å²) < 4.78 is 7.62. The molecule has 0 unspecified atom stereocenters. The second-order valence-electron chi connectivity index (χ2n) is 9.31. The number of nitrogens with zero attached hydrogens (tertiary/aromatic N) is 4. The van der Waals surface area contributed by atoms with Gasteiger partial charge in [-0.1, -0.05) is 30.3 Å². The smallest absolute Gasteiger partial charge is 0.308 e. The molecule has 0 bridgehead atoms. The van der Waals surface area contributed by atoms with Crippen molar-refractivity contribution in [1.82, 2.24) is 14.8 Å². The molecule has 0 amide bonds. The Morgan fingerprint density at radius 2 is 1.85 bits per heavy atom. The van der Waals surface area contributed by atoms with E-state index in [2.05, 4.69) is 24.0 Å². The number of thiophene rings is 1. The van der Waals surface area contributed by atoms with Gasteiger partial charge in [0, 0.05) is 16.0 Å². The van der Waals surface area contributed by atoms with Gasteiger partial charge in [-0.05, 0) is 58.7 Å². The van der Waals surface area contributed by atoms with Gasteiger partial charge < -0.3 is 4.74 Å². The van der Waals surface area contributed by atoms with Gasteiger partial charge in [0.2, 0.25) is 0 Å². The SMILES string of the molecule is Cc1sc2c(c1C)C(c1ccc(/C=C/C=O)cc1)=N[C@@H](CC(=O)OC(C)(C)C)c1nnc(C)n1-2. The van der Waals surface area contributed by atoms with Crippen LogP contribution in [0.2, 0.25) is 0 Å². The van der Waals surface area contributed by atoms with Gasteiger partial charge in [0.25, 0.3) is 0 Å². The quantitative estimate of drug-likeness (QED) is 0.291. The van der Waals surface area contributed by atoms with Crippen LogP contribution in [-0.2, 0) is 14.3 Å². The zero-order chi connectivity index (χ0) is 24.6. The topological polar surface area (TPSA) is 86.4 Å². The number of carbonyl (C=O) groups is 2. The zero-order valence-corrected chi connectivity index (χ0v) is 21.1.